The third kappa shape index (κ3) is 5.23. The largest absolute Gasteiger partial charge is 0.382 e. The smallest absolute Gasteiger partial charge is 0.0754 e. The van der Waals surface area contributed by atoms with Crippen molar-refractivity contribution in [3.8, 4) is 0 Å². The lowest BCUT2D eigenvalue weighted by Crippen LogP contribution is -2.33. The zero-order chi connectivity index (χ0) is 21.5. The molecule has 4 rings (SSSR count). The third-order valence-electron chi connectivity index (χ3n) is 5.86. The van der Waals surface area contributed by atoms with Crippen molar-refractivity contribution in [2.75, 3.05) is 20.3 Å². The Hall–Kier alpha value is -2.48. The molecule has 160 valence electrons. The van der Waals surface area contributed by atoms with Gasteiger partial charge in [-0.25, -0.2) is 0 Å². The maximum atomic E-state index is 5.48. The molecule has 2 atom stereocenters. The maximum Gasteiger partial charge on any atom is 0.0754 e. The fourth-order valence-corrected chi connectivity index (χ4v) is 6.96. The molecule has 0 saturated carbocycles. The lowest BCUT2D eigenvalue weighted by molar-refractivity contribution is 0.118. The topological polar surface area (TPSA) is 24.8 Å². The van der Waals surface area contributed by atoms with E-state index >= 15 is 0 Å². The number of hydrogen-bond donors (Lipinski definition) is 0. The Labute approximate surface area is 187 Å². The van der Waals surface area contributed by atoms with E-state index in [1.165, 1.54) is 28.3 Å². The number of methoxy groups -OCH3 is 1. The van der Waals surface area contributed by atoms with Gasteiger partial charge in [-0.05, 0) is 36.9 Å². The monoisotopic (exact) mass is 430 g/mol. The number of nitrogens with zero attached hydrogens (tertiary/aromatic N) is 2. The van der Waals surface area contributed by atoms with Gasteiger partial charge in [0.05, 0.1) is 18.4 Å². The summed E-state index contributed by atoms with van der Waals surface area (Å²) in [6.45, 7) is 4.07. The predicted octanol–water partition coefficient (Wildman–Crippen LogP) is 5.02. The molecule has 0 aromatic heterocycles. The Kier molecular flexibility index (Phi) is 7.51. The number of rotatable bonds is 8. The quantitative estimate of drug-likeness (QED) is 0.370. The summed E-state index contributed by atoms with van der Waals surface area (Å²) in [5, 5.41) is 10.3. The van der Waals surface area contributed by atoms with Crippen LogP contribution in [0.25, 0.3) is 0 Å². The van der Waals surface area contributed by atoms with E-state index in [-0.39, 0.29) is 5.66 Å². The van der Waals surface area contributed by atoms with E-state index in [0.29, 0.717) is 6.04 Å². The van der Waals surface area contributed by atoms with Gasteiger partial charge in [0.25, 0.3) is 0 Å². The van der Waals surface area contributed by atoms with Crippen LogP contribution >= 0.6 is 7.92 Å². The first-order valence-electron chi connectivity index (χ1n) is 11.1. The first kappa shape index (κ1) is 21.7. The molecule has 1 saturated heterocycles. The molecule has 0 N–H and O–H groups in total. The molecule has 0 unspecified atom stereocenters. The molecule has 4 heteroatoms. The van der Waals surface area contributed by atoms with Crippen molar-refractivity contribution in [1.29, 1.82) is 0 Å². The fraction of sp³-hybridized carbons (Fsp3) is 0.296. The van der Waals surface area contributed by atoms with E-state index in [9.17, 15) is 0 Å². The second kappa shape index (κ2) is 10.7. The molecule has 0 radical (unpaired) electrons. The fourth-order valence-electron chi connectivity index (χ4n) is 4.34. The minimum absolute atomic E-state index is 0.269. The third-order valence-corrected chi connectivity index (χ3v) is 8.59. The normalized spacial score (nSPS) is 17.8. The average Bonchev–Trinajstić information content (AvgIpc) is 3.26. The van der Waals surface area contributed by atoms with E-state index in [0.717, 1.165) is 19.6 Å². The van der Waals surface area contributed by atoms with Gasteiger partial charge < -0.3 is 4.74 Å². The highest BCUT2D eigenvalue weighted by Crippen LogP contribution is 2.41. The maximum absolute atomic E-state index is 5.48. The minimum Gasteiger partial charge on any atom is -0.382 e. The van der Waals surface area contributed by atoms with Crippen LogP contribution in [0.3, 0.4) is 0 Å². The van der Waals surface area contributed by atoms with Gasteiger partial charge in [0, 0.05) is 19.3 Å². The van der Waals surface area contributed by atoms with Crippen LogP contribution in [0, 0.1) is 0 Å². The molecule has 3 aromatic rings. The van der Waals surface area contributed by atoms with Gasteiger partial charge in [-0.2, -0.15) is 5.10 Å². The van der Waals surface area contributed by atoms with E-state index in [1.807, 2.05) is 0 Å². The van der Waals surface area contributed by atoms with Gasteiger partial charge >= 0.3 is 0 Å². The Morgan fingerprint density at radius 3 is 2.03 bits per heavy atom. The minimum atomic E-state index is -0.606. The number of benzene rings is 3. The van der Waals surface area contributed by atoms with Crippen LogP contribution in [0.15, 0.2) is 96.1 Å². The summed E-state index contributed by atoms with van der Waals surface area (Å²) < 4.78 is 5.48. The zero-order valence-electron chi connectivity index (χ0n) is 18.4. The lowest BCUT2D eigenvalue weighted by Gasteiger charge is -2.29. The summed E-state index contributed by atoms with van der Waals surface area (Å²) in [4.78, 5) is 0. The Balaban J connectivity index is 1.78. The lowest BCUT2D eigenvalue weighted by atomic mass is 10.1. The average molecular weight is 431 g/mol. The molecule has 1 aliphatic rings. The van der Waals surface area contributed by atoms with Crippen LogP contribution in [0.5, 0.6) is 0 Å². The van der Waals surface area contributed by atoms with Gasteiger partial charge in [-0.3, -0.25) is 5.01 Å². The molecule has 1 heterocycles. The van der Waals surface area contributed by atoms with Crippen LogP contribution in [0.1, 0.15) is 25.3 Å². The molecule has 0 spiro atoms. The van der Waals surface area contributed by atoms with E-state index in [2.05, 4.69) is 103 Å². The van der Waals surface area contributed by atoms with Gasteiger partial charge in [-0.1, -0.05) is 97.9 Å². The summed E-state index contributed by atoms with van der Waals surface area (Å²) in [6.07, 6.45) is 2.31. The van der Waals surface area contributed by atoms with Crippen LogP contribution in [0.2, 0.25) is 0 Å². The van der Waals surface area contributed by atoms with Crippen LogP contribution in [-0.4, -0.2) is 42.7 Å². The number of hydrazone groups is 1. The van der Waals surface area contributed by atoms with Crippen LogP contribution < -0.4 is 10.6 Å². The van der Waals surface area contributed by atoms with E-state index in [4.69, 9.17) is 9.84 Å². The molecule has 31 heavy (non-hydrogen) atoms. The van der Waals surface area contributed by atoms with Crippen LogP contribution in [0.4, 0.5) is 0 Å². The van der Waals surface area contributed by atoms with Gasteiger partial charge in [0.1, 0.15) is 0 Å². The Bertz CT molecular complexity index is 923. The van der Waals surface area contributed by atoms with Crippen molar-refractivity contribution in [1.82, 2.24) is 5.01 Å². The summed E-state index contributed by atoms with van der Waals surface area (Å²) >= 11 is 0. The second-order valence-corrected chi connectivity index (χ2v) is 10.5. The van der Waals surface area contributed by atoms with Crippen molar-refractivity contribution in [2.24, 2.45) is 5.10 Å². The number of ether oxygens (including phenoxy) is 1. The molecule has 1 aliphatic heterocycles. The zero-order valence-corrected chi connectivity index (χ0v) is 19.3. The summed E-state index contributed by atoms with van der Waals surface area (Å²) in [7, 11) is 1.18. The summed E-state index contributed by atoms with van der Waals surface area (Å²) in [5.41, 5.74) is 2.64. The van der Waals surface area contributed by atoms with Gasteiger partial charge in [-0.15, -0.1) is 0 Å². The highest BCUT2D eigenvalue weighted by Gasteiger charge is 2.29. The molecule has 0 aliphatic carbocycles. The number of hydrogen-bond acceptors (Lipinski definition) is 3. The second-order valence-electron chi connectivity index (χ2n) is 7.98. The van der Waals surface area contributed by atoms with Crippen molar-refractivity contribution >= 4 is 24.2 Å². The Morgan fingerprint density at radius 1 is 0.935 bits per heavy atom. The van der Waals surface area contributed by atoms with Gasteiger partial charge in [0.15, 0.2) is 0 Å². The van der Waals surface area contributed by atoms with Gasteiger partial charge in [0.2, 0.25) is 0 Å². The highest BCUT2D eigenvalue weighted by molar-refractivity contribution is 7.74. The standard InChI is InChI=1S/C27H31N2OP/c1-22(31(25-16-8-4-9-17-25)26-18-10-5-11-19-26)27(23-13-6-3-7-14-23)28-29-20-12-15-24(29)21-30-2/h3-11,13-14,16-19,22,24H,12,15,20-21H2,1-2H3/b28-27+/t22-,24-/m0/s1. The molecule has 0 amide bonds. The molecule has 1 fully saturated rings. The first-order chi connectivity index (χ1) is 15.3. The molecular formula is C27H31N2OP. The van der Waals surface area contributed by atoms with Crippen molar-refractivity contribution in [3.63, 3.8) is 0 Å². The molecule has 3 nitrogen and oxygen atoms in total. The first-order valence-corrected chi connectivity index (χ1v) is 12.5. The Morgan fingerprint density at radius 2 is 1.48 bits per heavy atom. The van der Waals surface area contributed by atoms with Crippen LogP contribution in [-0.2, 0) is 4.74 Å². The van der Waals surface area contributed by atoms with Crippen molar-refractivity contribution in [3.05, 3.63) is 96.6 Å². The molecule has 3 aromatic carbocycles. The van der Waals surface area contributed by atoms with E-state index in [1.54, 1.807) is 7.11 Å². The predicted molar refractivity (Wildman–Crippen MR) is 133 cm³/mol. The summed E-state index contributed by atoms with van der Waals surface area (Å²) in [6, 6.07) is 32.9. The van der Waals surface area contributed by atoms with Crippen molar-refractivity contribution in [2.45, 2.75) is 31.5 Å². The molecule has 0 bridgehead atoms. The van der Waals surface area contributed by atoms with E-state index < -0.39 is 7.92 Å². The highest BCUT2D eigenvalue weighted by atomic mass is 31.1. The summed E-state index contributed by atoms with van der Waals surface area (Å²) in [5.74, 6) is 0. The van der Waals surface area contributed by atoms with Crippen molar-refractivity contribution < 1.29 is 4.74 Å². The molecular weight excluding hydrogens is 399 g/mol. The SMILES string of the molecule is COC[C@@H]1CCCN1/N=C(/c1ccccc1)[C@H](C)P(c1ccccc1)c1ccccc1.